The number of likely N-dealkylation sites (N-methyl/N-ethyl adjacent to an activating group) is 2. The molecule has 0 radical (unpaired) electrons. The fourth-order valence-electron chi connectivity index (χ4n) is 3.15. The minimum absolute atomic E-state index is 0. The summed E-state index contributed by atoms with van der Waals surface area (Å²) < 4.78 is 2.55. The molecular formula is C15H34Br2N2. The van der Waals surface area contributed by atoms with Gasteiger partial charge < -0.3 is 42.9 Å². The first-order valence-corrected chi connectivity index (χ1v) is 7.60. The number of hydrogen-bond donors (Lipinski definition) is 0. The van der Waals surface area contributed by atoms with E-state index >= 15 is 0 Å². The number of halogens is 2. The van der Waals surface area contributed by atoms with Crippen molar-refractivity contribution >= 4 is 0 Å². The summed E-state index contributed by atoms with van der Waals surface area (Å²) in [6.45, 7) is 15.1. The van der Waals surface area contributed by atoms with Crippen LogP contribution in [0, 0.1) is 5.92 Å². The number of rotatable bonds is 5. The van der Waals surface area contributed by atoms with Gasteiger partial charge in [-0.3, -0.25) is 0 Å². The number of hydrogen-bond acceptors (Lipinski definition) is 0. The van der Waals surface area contributed by atoms with E-state index < -0.39 is 0 Å². The van der Waals surface area contributed by atoms with Crippen molar-refractivity contribution in [2.75, 3.05) is 53.4 Å². The van der Waals surface area contributed by atoms with Crippen molar-refractivity contribution in [3.8, 4) is 0 Å². The molecule has 1 saturated heterocycles. The van der Waals surface area contributed by atoms with Crippen molar-refractivity contribution < 1.29 is 42.9 Å². The molecule has 2 atom stereocenters. The van der Waals surface area contributed by atoms with E-state index in [0.717, 1.165) is 5.92 Å². The maximum Gasteiger partial charge on any atom is 0.128 e. The molecule has 0 aromatic rings. The second-order valence-corrected chi connectivity index (χ2v) is 6.83. The fraction of sp³-hybridized carbons (Fsp3) is 1.00. The summed E-state index contributed by atoms with van der Waals surface area (Å²) in [6.07, 6.45) is 4.33. The maximum absolute atomic E-state index is 2.48. The zero-order valence-electron chi connectivity index (χ0n) is 13.6. The van der Waals surface area contributed by atoms with E-state index in [1.165, 1.54) is 67.5 Å². The summed E-state index contributed by atoms with van der Waals surface area (Å²) in [4.78, 5) is 0. The van der Waals surface area contributed by atoms with Gasteiger partial charge in [0.2, 0.25) is 0 Å². The lowest BCUT2D eigenvalue weighted by Crippen LogP contribution is -3.00. The zero-order valence-corrected chi connectivity index (χ0v) is 16.8. The molecule has 0 aliphatic carbocycles. The van der Waals surface area contributed by atoms with Crippen LogP contribution >= 0.6 is 0 Å². The third-order valence-corrected chi connectivity index (χ3v) is 5.10. The van der Waals surface area contributed by atoms with Crippen LogP contribution in [0.4, 0.5) is 0 Å². The van der Waals surface area contributed by atoms with Crippen molar-refractivity contribution in [2.45, 2.75) is 40.0 Å². The van der Waals surface area contributed by atoms with Gasteiger partial charge in [-0.1, -0.05) is 6.92 Å². The van der Waals surface area contributed by atoms with Crippen molar-refractivity contribution in [3.05, 3.63) is 0 Å². The molecule has 0 aromatic heterocycles. The lowest BCUT2D eigenvalue weighted by Gasteiger charge is -2.39. The van der Waals surface area contributed by atoms with Crippen LogP contribution in [0.25, 0.3) is 0 Å². The molecule has 2 nitrogen and oxygen atoms in total. The molecule has 0 saturated carbocycles. The Morgan fingerprint density at radius 2 is 1.68 bits per heavy atom. The van der Waals surface area contributed by atoms with Gasteiger partial charge in [-0.2, -0.15) is 0 Å². The quantitative estimate of drug-likeness (QED) is 0.424. The topological polar surface area (TPSA) is 0 Å². The third kappa shape index (κ3) is 7.45. The molecule has 0 bridgehead atoms. The van der Waals surface area contributed by atoms with Gasteiger partial charge in [-0.05, 0) is 33.1 Å². The average Bonchev–Trinajstić information content (AvgIpc) is 2.48. The summed E-state index contributed by atoms with van der Waals surface area (Å²) in [5.41, 5.74) is 0. The first kappa shape index (κ1) is 22.2. The number of likely N-dealkylation sites (tertiary alicyclic amines) is 1. The molecule has 0 aromatic carbocycles. The molecule has 0 spiro atoms. The van der Waals surface area contributed by atoms with Crippen LogP contribution in [-0.4, -0.2) is 62.3 Å². The van der Waals surface area contributed by atoms with E-state index in [9.17, 15) is 0 Å². The van der Waals surface area contributed by atoms with E-state index in [-0.39, 0.29) is 34.0 Å². The standard InChI is InChI=1S/C15H34N2.2BrH/c1-6-16(4,7-2)12-13-17(5)11-9-8-10-15(3)14-17;;/h15H,6-14H2,1-5H3;2*1H/q+2;;/p-2. The predicted octanol–water partition coefficient (Wildman–Crippen LogP) is -3.25. The van der Waals surface area contributed by atoms with Gasteiger partial charge in [0.1, 0.15) is 13.1 Å². The van der Waals surface area contributed by atoms with Crippen LogP contribution in [0.2, 0.25) is 0 Å². The molecule has 1 aliphatic heterocycles. The molecule has 1 fully saturated rings. The molecule has 1 heterocycles. The smallest absolute Gasteiger partial charge is 0.128 e. The second kappa shape index (κ2) is 9.75. The van der Waals surface area contributed by atoms with Crippen molar-refractivity contribution in [1.29, 1.82) is 0 Å². The molecule has 1 rings (SSSR count). The van der Waals surface area contributed by atoms with Gasteiger partial charge in [0.15, 0.2) is 0 Å². The Kier molecular flexibility index (Phi) is 11.4. The molecule has 0 amide bonds. The van der Waals surface area contributed by atoms with Gasteiger partial charge in [0.25, 0.3) is 0 Å². The Bertz CT molecular complexity index is 232. The highest BCUT2D eigenvalue weighted by molar-refractivity contribution is 4.58. The Morgan fingerprint density at radius 1 is 1.11 bits per heavy atom. The SMILES string of the molecule is CC[N+](C)(CC)CC[N+]1(C)CCCCC(C)C1.[Br-].[Br-]. The van der Waals surface area contributed by atoms with Crippen LogP contribution in [0.5, 0.6) is 0 Å². The van der Waals surface area contributed by atoms with Crippen molar-refractivity contribution in [2.24, 2.45) is 5.92 Å². The molecule has 2 unspecified atom stereocenters. The molecule has 1 aliphatic rings. The van der Waals surface area contributed by atoms with E-state index in [1.54, 1.807) is 0 Å². The van der Waals surface area contributed by atoms with Crippen LogP contribution in [0.15, 0.2) is 0 Å². The van der Waals surface area contributed by atoms with Crippen molar-refractivity contribution in [1.82, 2.24) is 0 Å². The highest BCUT2D eigenvalue weighted by atomic mass is 79.9. The Labute approximate surface area is 142 Å². The summed E-state index contributed by atoms with van der Waals surface area (Å²) >= 11 is 0. The highest BCUT2D eigenvalue weighted by Gasteiger charge is 2.30. The Morgan fingerprint density at radius 3 is 2.21 bits per heavy atom. The van der Waals surface area contributed by atoms with E-state index in [2.05, 4.69) is 34.9 Å². The largest absolute Gasteiger partial charge is 1.00 e. The van der Waals surface area contributed by atoms with Crippen LogP contribution in [-0.2, 0) is 0 Å². The molecule has 118 valence electrons. The Hall–Kier alpha value is 0.880. The number of quaternary nitrogens is 2. The lowest BCUT2D eigenvalue weighted by atomic mass is 10.1. The normalized spacial score (nSPS) is 27.9. The average molecular weight is 402 g/mol. The molecular weight excluding hydrogens is 368 g/mol. The minimum Gasteiger partial charge on any atom is -1.00 e. The zero-order chi connectivity index (χ0) is 12.9. The van der Waals surface area contributed by atoms with Gasteiger partial charge in [0, 0.05) is 5.92 Å². The van der Waals surface area contributed by atoms with Crippen molar-refractivity contribution in [3.63, 3.8) is 0 Å². The number of nitrogens with zero attached hydrogens (tertiary/aromatic N) is 2. The highest BCUT2D eigenvalue weighted by Crippen LogP contribution is 2.21. The minimum atomic E-state index is 0. The lowest BCUT2D eigenvalue weighted by molar-refractivity contribution is -0.963. The van der Waals surface area contributed by atoms with E-state index in [1.807, 2.05) is 0 Å². The monoisotopic (exact) mass is 400 g/mol. The molecule has 0 N–H and O–H groups in total. The fourth-order valence-corrected chi connectivity index (χ4v) is 3.15. The second-order valence-electron chi connectivity index (χ2n) is 6.83. The van der Waals surface area contributed by atoms with Crippen LogP contribution in [0.3, 0.4) is 0 Å². The molecule has 4 heteroatoms. The Balaban J connectivity index is 0. The third-order valence-electron chi connectivity index (χ3n) is 5.10. The van der Waals surface area contributed by atoms with E-state index in [0.29, 0.717) is 0 Å². The van der Waals surface area contributed by atoms with Crippen LogP contribution in [0.1, 0.15) is 40.0 Å². The summed E-state index contributed by atoms with van der Waals surface area (Å²) in [5.74, 6) is 0.921. The van der Waals surface area contributed by atoms with Gasteiger partial charge in [-0.15, -0.1) is 0 Å². The predicted molar refractivity (Wildman–Crippen MR) is 75.9 cm³/mol. The maximum atomic E-state index is 2.48. The van der Waals surface area contributed by atoms with Crippen LogP contribution < -0.4 is 34.0 Å². The first-order chi connectivity index (χ1) is 7.93. The first-order valence-electron chi connectivity index (χ1n) is 7.60. The summed E-state index contributed by atoms with van der Waals surface area (Å²) in [5, 5.41) is 0. The summed E-state index contributed by atoms with van der Waals surface area (Å²) in [7, 11) is 4.89. The van der Waals surface area contributed by atoms with E-state index in [4.69, 9.17) is 0 Å². The van der Waals surface area contributed by atoms with Gasteiger partial charge in [0.05, 0.1) is 40.3 Å². The van der Waals surface area contributed by atoms with Gasteiger partial charge in [-0.25, -0.2) is 0 Å². The van der Waals surface area contributed by atoms with Gasteiger partial charge >= 0.3 is 0 Å². The molecule has 19 heavy (non-hydrogen) atoms. The summed E-state index contributed by atoms with van der Waals surface area (Å²) in [6, 6.07) is 0.